The summed E-state index contributed by atoms with van der Waals surface area (Å²) in [6.07, 6.45) is 1.26. The maximum Gasteiger partial charge on any atom is 0.358 e. The van der Waals surface area contributed by atoms with E-state index in [1.165, 1.54) is 0 Å². The fraction of sp³-hybridized carbons (Fsp3) is 0.353. The summed E-state index contributed by atoms with van der Waals surface area (Å²) >= 11 is 0. The van der Waals surface area contributed by atoms with Gasteiger partial charge in [-0.05, 0) is 26.0 Å². The van der Waals surface area contributed by atoms with Gasteiger partial charge in [0, 0.05) is 24.6 Å². The second-order valence-electron chi connectivity index (χ2n) is 5.01. The number of carboxylic acids is 1. The van der Waals surface area contributed by atoms with Crippen molar-refractivity contribution in [3.05, 3.63) is 36.0 Å². The van der Waals surface area contributed by atoms with E-state index in [1.807, 2.05) is 13.8 Å². The third-order valence-corrected chi connectivity index (χ3v) is 3.25. The Bertz CT molecular complexity index is 740. The van der Waals surface area contributed by atoms with Crippen LogP contribution in [-0.2, 0) is 11.2 Å². The van der Waals surface area contributed by atoms with Crippen molar-refractivity contribution in [1.29, 1.82) is 0 Å². The maximum absolute atomic E-state index is 12.1. The summed E-state index contributed by atoms with van der Waals surface area (Å²) in [5.74, 6) is -0.138. The van der Waals surface area contributed by atoms with Gasteiger partial charge in [-0.15, -0.1) is 0 Å². The highest BCUT2D eigenvalue weighted by molar-refractivity contribution is 5.91. The Balaban J connectivity index is 1.99. The first kappa shape index (κ1) is 18.3. The van der Waals surface area contributed by atoms with Gasteiger partial charge >= 0.3 is 5.97 Å². The van der Waals surface area contributed by atoms with Crippen LogP contribution in [0.3, 0.4) is 0 Å². The summed E-state index contributed by atoms with van der Waals surface area (Å²) in [5, 5.41) is 11.7. The minimum Gasteiger partial charge on any atom is -0.490 e. The molecule has 2 rings (SSSR count). The van der Waals surface area contributed by atoms with Crippen molar-refractivity contribution in [2.45, 2.75) is 26.7 Å². The first-order valence-corrected chi connectivity index (χ1v) is 7.90. The monoisotopic (exact) mass is 348 g/mol. The quantitative estimate of drug-likeness (QED) is 0.716. The molecular weight excluding hydrogens is 328 g/mol. The molecule has 8 heteroatoms. The molecule has 8 nitrogen and oxygen atoms in total. The fourth-order valence-corrected chi connectivity index (χ4v) is 2.20. The van der Waals surface area contributed by atoms with Crippen molar-refractivity contribution in [3.63, 3.8) is 0 Å². The number of aromatic carboxylic acids is 1. The lowest BCUT2D eigenvalue weighted by Gasteiger charge is -2.13. The number of rotatable bonds is 9. The molecule has 0 radical (unpaired) electrons. The Kier molecular flexibility index (Phi) is 6.39. The molecule has 1 aromatic heterocycles. The maximum atomic E-state index is 12.1. The lowest BCUT2D eigenvalue weighted by molar-refractivity contribution is -0.116. The standard InChI is InChI=1S/C17H20N2O6/c1-3-23-12-6-5-11(9-14(12)24-4-2)19-15(20)8-7-13-16(17(21)22)18-10-25-13/h5-6,9-10H,3-4,7-8H2,1-2H3,(H,19,20)(H,21,22). The Morgan fingerprint density at radius 2 is 1.92 bits per heavy atom. The average Bonchev–Trinajstić information content (AvgIpc) is 3.04. The normalized spacial score (nSPS) is 10.3. The van der Waals surface area contributed by atoms with Crippen LogP contribution in [0.5, 0.6) is 11.5 Å². The van der Waals surface area contributed by atoms with E-state index >= 15 is 0 Å². The van der Waals surface area contributed by atoms with Crippen LogP contribution in [0.4, 0.5) is 5.69 Å². The van der Waals surface area contributed by atoms with E-state index in [2.05, 4.69) is 10.3 Å². The molecule has 0 aliphatic carbocycles. The van der Waals surface area contributed by atoms with E-state index in [0.717, 1.165) is 6.39 Å². The number of ether oxygens (including phenoxy) is 2. The van der Waals surface area contributed by atoms with Crippen LogP contribution in [0.2, 0.25) is 0 Å². The van der Waals surface area contributed by atoms with Gasteiger partial charge in [-0.1, -0.05) is 0 Å². The molecule has 2 N–H and O–H groups in total. The molecule has 0 spiro atoms. The van der Waals surface area contributed by atoms with Crippen molar-refractivity contribution in [3.8, 4) is 11.5 Å². The minimum atomic E-state index is -1.18. The van der Waals surface area contributed by atoms with Crippen LogP contribution in [-0.4, -0.2) is 35.2 Å². The predicted octanol–water partition coefficient (Wildman–Crippen LogP) is 2.74. The Labute approximate surface area is 144 Å². The van der Waals surface area contributed by atoms with E-state index in [4.69, 9.17) is 19.0 Å². The van der Waals surface area contributed by atoms with E-state index in [9.17, 15) is 9.59 Å². The predicted molar refractivity (Wildman–Crippen MR) is 89.2 cm³/mol. The number of oxazole rings is 1. The van der Waals surface area contributed by atoms with Gasteiger partial charge in [0.1, 0.15) is 5.76 Å². The number of nitrogens with one attached hydrogen (secondary N) is 1. The van der Waals surface area contributed by atoms with Crippen LogP contribution in [0.15, 0.2) is 29.0 Å². The lowest BCUT2D eigenvalue weighted by Crippen LogP contribution is -2.13. The number of anilines is 1. The zero-order valence-electron chi connectivity index (χ0n) is 14.1. The van der Waals surface area contributed by atoms with Gasteiger partial charge in [0.05, 0.1) is 13.2 Å². The van der Waals surface area contributed by atoms with E-state index in [-0.39, 0.29) is 30.2 Å². The van der Waals surface area contributed by atoms with Gasteiger partial charge < -0.3 is 24.3 Å². The molecule has 0 saturated heterocycles. The number of aryl methyl sites for hydroxylation is 1. The topological polar surface area (TPSA) is 111 Å². The smallest absolute Gasteiger partial charge is 0.358 e. The largest absolute Gasteiger partial charge is 0.490 e. The molecule has 0 aliphatic rings. The number of hydrogen-bond donors (Lipinski definition) is 2. The van der Waals surface area contributed by atoms with Gasteiger partial charge in [0.15, 0.2) is 23.6 Å². The first-order chi connectivity index (χ1) is 12.0. The number of carbonyl (C=O) groups excluding carboxylic acids is 1. The lowest BCUT2D eigenvalue weighted by atomic mass is 10.2. The highest BCUT2D eigenvalue weighted by atomic mass is 16.5. The summed E-state index contributed by atoms with van der Waals surface area (Å²) < 4.78 is 16.0. The molecule has 2 aromatic rings. The molecule has 1 heterocycles. The van der Waals surface area contributed by atoms with Crippen molar-refractivity contribution >= 4 is 17.6 Å². The molecule has 0 saturated carbocycles. The molecule has 0 unspecified atom stereocenters. The van der Waals surface area contributed by atoms with Crippen LogP contribution in [0, 0.1) is 0 Å². The number of carboxylic acid groups (broad SMARTS) is 1. The number of benzene rings is 1. The van der Waals surface area contributed by atoms with E-state index < -0.39 is 5.97 Å². The third kappa shape index (κ3) is 4.97. The first-order valence-electron chi connectivity index (χ1n) is 7.90. The summed E-state index contributed by atoms with van der Waals surface area (Å²) in [6, 6.07) is 5.12. The van der Waals surface area contributed by atoms with E-state index in [0.29, 0.717) is 30.4 Å². The van der Waals surface area contributed by atoms with Gasteiger partial charge in [-0.25, -0.2) is 9.78 Å². The molecule has 134 valence electrons. The summed E-state index contributed by atoms with van der Waals surface area (Å²) in [4.78, 5) is 26.6. The van der Waals surface area contributed by atoms with Gasteiger partial charge in [0.25, 0.3) is 0 Å². The number of carbonyl (C=O) groups is 2. The molecule has 1 amide bonds. The molecule has 25 heavy (non-hydrogen) atoms. The number of hydrogen-bond acceptors (Lipinski definition) is 6. The number of nitrogens with zero attached hydrogens (tertiary/aromatic N) is 1. The number of aromatic nitrogens is 1. The average molecular weight is 348 g/mol. The van der Waals surface area contributed by atoms with Gasteiger partial charge in [0.2, 0.25) is 5.91 Å². The summed E-state index contributed by atoms with van der Waals surface area (Å²) in [5.41, 5.74) is 0.389. The Hall–Kier alpha value is -3.03. The van der Waals surface area contributed by atoms with Crippen LogP contribution in [0.1, 0.15) is 36.5 Å². The van der Waals surface area contributed by atoms with Gasteiger partial charge in [-0.3, -0.25) is 4.79 Å². The molecule has 0 aliphatic heterocycles. The minimum absolute atomic E-state index is 0.0622. The molecule has 0 fully saturated rings. The second kappa shape index (κ2) is 8.72. The zero-order chi connectivity index (χ0) is 18.2. The molecule has 1 aromatic carbocycles. The molecule has 0 atom stereocenters. The van der Waals surface area contributed by atoms with Crippen molar-refractivity contribution < 1.29 is 28.6 Å². The van der Waals surface area contributed by atoms with Crippen LogP contribution >= 0.6 is 0 Å². The third-order valence-electron chi connectivity index (χ3n) is 3.25. The fourth-order valence-electron chi connectivity index (χ4n) is 2.20. The molecule has 0 bridgehead atoms. The highest BCUT2D eigenvalue weighted by Gasteiger charge is 2.16. The van der Waals surface area contributed by atoms with Crippen molar-refractivity contribution in [2.24, 2.45) is 0 Å². The Morgan fingerprint density at radius 1 is 1.20 bits per heavy atom. The van der Waals surface area contributed by atoms with Gasteiger partial charge in [-0.2, -0.15) is 0 Å². The highest BCUT2D eigenvalue weighted by Crippen LogP contribution is 2.30. The SMILES string of the molecule is CCOc1ccc(NC(=O)CCc2ocnc2C(=O)O)cc1OCC. The van der Waals surface area contributed by atoms with Crippen LogP contribution in [0.25, 0.3) is 0 Å². The van der Waals surface area contributed by atoms with E-state index in [1.54, 1.807) is 18.2 Å². The summed E-state index contributed by atoms with van der Waals surface area (Å²) in [6.45, 7) is 4.72. The summed E-state index contributed by atoms with van der Waals surface area (Å²) in [7, 11) is 0. The van der Waals surface area contributed by atoms with Crippen LogP contribution < -0.4 is 14.8 Å². The zero-order valence-corrected chi connectivity index (χ0v) is 14.1. The van der Waals surface area contributed by atoms with Crippen molar-refractivity contribution in [1.82, 2.24) is 4.98 Å². The number of amides is 1. The Morgan fingerprint density at radius 3 is 2.60 bits per heavy atom. The van der Waals surface area contributed by atoms with Crippen molar-refractivity contribution in [2.75, 3.05) is 18.5 Å². The molecular formula is C17H20N2O6. The second-order valence-corrected chi connectivity index (χ2v) is 5.01.